The van der Waals surface area contributed by atoms with E-state index in [-0.39, 0.29) is 5.82 Å². The van der Waals surface area contributed by atoms with Gasteiger partial charge < -0.3 is 4.90 Å². The van der Waals surface area contributed by atoms with E-state index in [9.17, 15) is 4.39 Å². The van der Waals surface area contributed by atoms with E-state index >= 15 is 0 Å². The first-order valence-corrected chi connectivity index (χ1v) is 4.68. The molecule has 0 N–H and O–H groups in total. The van der Waals surface area contributed by atoms with Crippen LogP contribution in [0.2, 0.25) is 0 Å². The van der Waals surface area contributed by atoms with Crippen molar-refractivity contribution in [1.82, 2.24) is 0 Å². The highest BCUT2D eigenvalue weighted by Crippen LogP contribution is 2.29. The summed E-state index contributed by atoms with van der Waals surface area (Å²) in [5, 5.41) is 0. The Bertz CT molecular complexity index is 296. The molecule has 1 saturated heterocycles. The Kier molecular flexibility index (Phi) is 1.98. The normalized spacial score (nSPS) is 17.3. The number of benzene rings is 1. The quantitative estimate of drug-likeness (QED) is 0.640. The average molecular weight is 179 g/mol. The van der Waals surface area contributed by atoms with Gasteiger partial charge in [0.25, 0.3) is 0 Å². The highest BCUT2D eigenvalue weighted by atomic mass is 19.1. The summed E-state index contributed by atoms with van der Waals surface area (Å²) in [6.07, 6.45) is 0. The first-order chi connectivity index (χ1) is 6.18. The molecule has 0 radical (unpaired) electrons. The fourth-order valence-corrected chi connectivity index (χ4v) is 1.91. The Morgan fingerprint density at radius 1 is 1.38 bits per heavy atom. The summed E-state index contributed by atoms with van der Waals surface area (Å²) in [5.74, 6) is 0.617. The summed E-state index contributed by atoms with van der Waals surface area (Å²) in [6, 6.07) is 5.25. The molecule has 1 heterocycles. The Hall–Kier alpha value is -1.05. The van der Waals surface area contributed by atoms with Crippen molar-refractivity contribution in [3.05, 3.63) is 29.6 Å². The zero-order valence-electron chi connectivity index (χ0n) is 8.05. The van der Waals surface area contributed by atoms with Gasteiger partial charge in [-0.15, -0.1) is 0 Å². The van der Waals surface area contributed by atoms with Crippen LogP contribution in [0.4, 0.5) is 10.1 Å². The van der Waals surface area contributed by atoms with Crippen molar-refractivity contribution in [2.75, 3.05) is 18.0 Å². The number of halogens is 1. The molecule has 1 fully saturated rings. The molecule has 2 heteroatoms. The zero-order valence-corrected chi connectivity index (χ0v) is 8.05. The minimum absolute atomic E-state index is 0.0908. The van der Waals surface area contributed by atoms with E-state index in [2.05, 4.69) is 11.8 Å². The van der Waals surface area contributed by atoms with Gasteiger partial charge in [-0.2, -0.15) is 0 Å². The molecule has 2 rings (SSSR count). The van der Waals surface area contributed by atoms with Crippen LogP contribution >= 0.6 is 0 Å². The zero-order chi connectivity index (χ0) is 9.42. The molecule has 1 nitrogen and oxygen atoms in total. The van der Waals surface area contributed by atoms with Crippen LogP contribution in [0.25, 0.3) is 0 Å². The molecule has 1 aliphatic heterocycles. The highest BCUT2D eigenvalue weighted by Gasteiger charge is 2.25. The van der Waals surface area contributed by atoms with Crippen LogP contribution in [0.15, 0.2) is 18.2 Å². The van der Waals surface area contributed by atoms with Crippen molar-refractivity contribution < 1.29 is 4.39 Å². The fourth-order valence-electron chi connectivity index (χ4n) is 1.91. The lowest BCUT2D eigenvalue weighted by molar-refractivity contribution is 0.438. The molecule has 0 atom stereocenters. The van der Waals surface area contributed by atoms with Crippen LogP contribution in [0.1, 0.15) is 12.5 Å². The third-order valence-corrected chi connectivity index (χ3v) is 2.57. The standard InChI is InChI=1S/C11H14FN/c1-8-6-13(7-8)11-9(2)4-3-5-10(11)12/h3-5,8H,6-7H2,1-2H3. The largest absolute Gasteiger partial charge is 0.368 e. The van der Waals surface area contributed by atoms with Gasteiger partial charge in [0.1, 0.15) is 5.82 Å². The van der Waals surface area contributed by atoms with Gasteiger partial charge in [0.05, 0.1) is 5.69 Å². The molecule has 0 spiro atoms. The summed E-state index contributed by atoms with van der Waals surface area (Å²) in [6.45, 7) is 6.12. The van der Waals surface area contributed by atoms with E-state index in [1.165, 1.54) is 6.07 Å². The van der Waals surface area contributed by atoms with Crippen molar-refractivity contribution in [1.29, 1.82) is 0 Å². The number of hydrogen-bond donors (Lipinski definition) is 0. The van der Waals surface area contributed by atoms with Crippen LogP contribution in [-0.4, -0.2) is 13.1 Å². The molecule has 0 saturated carbocycles. The Balaban J connectivity index is 2.29. The van der Waals surface area contributed by atoms with Gasteiger partial charge in [-0.05, 0) is 24.5 Å². The minimum Gasteiger partial charge on any atom is -0.368 e. The van der Waals surface area contributed by atoms with Crippen molar-refractivity contribution >= 4 is 5.69 Å². The van der Waals surface area contributed by atoms with E-state index in [1.807, 2.05) is 13.0 Å². The van der Waals surface area contributed by atoms with Crippen molar-refractivity contribution in [2.45, 2.75) is 13.8 Å². The second-order valence-electron chi connectivity index (χ2n) is 3.92. The fraction of sp³-hybridized carbons (Fsp3) is 0.455. The monoisotopic (exact) mass is 179 g/mol. The number of aryl methyl sites for hydroxylation is 1. The molecule has 1 aromatic carbocycles. The number of hydrogen-bond acceptors (Lipinski definition) is 1. The van der Waals surface area contributed by atoms with Crippen molar-refractivity contribution in [2.24, 2.45) is 5.92 Å². The number of anilines is 1. The van der Waals surface area contributed by atoms with E-state index in [4.69, 9.17) is 0 Å². The van der Waals surface area contributed by atoms with Crippen LogP contribution in [0, 0.1) is 18.7 Å². The molecular formula is C11H14FN. The Morgan fingerprint density at radius 2 is 2.08 bits per heavy atom. The molecule has 1 aliphatic rings. The van der Waals surface area contributed by atoms with Gasteiger partial charge in [0, 0.05) is 13.1 Å². The molecule has 0 amide bonds. The lowest BCUT2D eigenvalue weighted by Gasteiger charge is -2.40. The second-order valence-corrected chi connectivity index (χ2v) is 3.92. The maximum absolute atomic E-state index is 13.4. The summed E-state index contributed by atoms with van der Waals surface area (Å²) < 4.78 is 13.4. The molecule has 0 aromatic heterocycles. The minimum atomic E-state index is -0.0908. The van der Waals surface area contributed by atoms with E-state index < -0.39 is 0 Å². The first-order valence-electron chi connectivity index (χ1n) is 4.68. The summed E-state index contributed by atoms with van der Waals surface area (Å²) in [7, 11) is 0. The lowest BCUT2D eigenvalue weighted by atomic mass is 10.00. The Labute approximate surface area is 78.2 Å². The van der Waals surface area contributed by atoms with E-state index in [1.54, 1.807) is 6.07 Å². The molecular weight excluding hydrogens is 165 g/mol. The van der Waals surface area contributed by atoms with Gasteiger partial charge in [0.15, 0.2) is 0 Å². The molecule has 0 unspecified atom stereocenters. The third-order valence-electron chi connectivity index (χ3n) is 2.57. The molecule has 1 aromatic rings. The Morgan fingerprint density at radius 3 is 2.62 bits per heavy atom. The molecule has 13 heavy (non-hydrogen) atoms. The summed E-state index contributed by atoms with van der Waals surface area (Å²) >= 11 is 0. The maximum atomic E-state index is 13.4. The topological polar surface area (TPSA) is 3.24 Å². The number of rotatable bonds is 1. The van der Waals surface area contributed by atoms with Gasteiger partial charge in [0.2, 0.25) is 0 Å². The van der Waals surface area contributed by atoms with Crippen LogP contribution < -0.4 is 4.90 Å². The van der Waals surface area contributed by atoms with Crippen molar-refractivity contribution in [3.63, 3.8) is 0 Å². The smallest absolute Gasteiger partial charge is 0.146 e. The molecule has 70 valence electrons. The highest BCUT2D eigenvalue weighted by molar-refractivity contribution is 5.55. The van der Waals surface area contributed by atoms with Gasteiger partial charge in [-0.3, -0.25) is 0 Å². The third kappa shape index (κ3) is 1.41. The predicted octanol–water partition coefficient (Wildman–Crippen LogP) is 2.59. The second kappa shape index (κ2) is 3.02. The molecule has 0 bridgehead atoms. The van der Waals surface area contributed by atoms with Crippen LogP contribution in [0.3, 0.4) is 0 Å². The van der Waals surface area contributed by atoms with E-state index in [0.717, 1.165) is 24.3 Å². The van der Waals surface area contributed by atoms with Crippen molar-refractivity contribution in [3.8, 4) is 0 Å². The SMILES string of the molecule is Cc1cccc(F)c1N1CC(C)C1. The molecule has 0 aliphatic carbocycles. The van der Waals surface area contributed by atoms with E-state index in [0.29, 0.717) is 5.92 Å². The van der Waals surface area contributed by atoms with Gasteiger partial charge in [-0.25, -0.2) is 4.39 Å². The lowest BCUT2D eigenvalue weighted by Crippen LogP contribution is -2.45. The number of nitrogens with zero attached hydrogens (tertiary/aromatic N) is 1. The maximum Gasteiger partial charge on any atom is 0.146 e. The summed E-state index contributed by atoms with van der Waals surface area (Å²) in [4.78, 5) is 2.11. The van der Waals surface area contributed by atoms with Gasteiger partial charge >= 0.3 is 0 Å². The van der Waals surface area contributed by atoms with Gasteiger partial charge in [-0.1, -0.05) is 19.1 Å². The first kappa shape index (κ1) is 8.54. The van der Waals surface area contributed by atoms with Crippen LogP contribution in [-0.2, 0) is 0 Å². The summed E-state index contributed by atoms with van der Waals surface area (Å²) in [5.41, 5.74) is 1.83. The number of para-hydroxylation sites is 1. The van der Waals surface area contributed by atoms with Crippen LogP contribution in [0.5, 0.6) is 0 Å². The predicted molar refractivity (Wildman–Crippen MR) is 52.5 cm³/mol. The average Bonchev–Trinajstić information content (AvgIpc) is 2.00.